The van der Waals surface area contributed by atoms with Crippen LogP contribution >= 0.6 is 0 Å². The van der Waals surface area contributed by atoms with Gasteiger partial charge in [-0.3, -0.25) is 44.0 Å². The van der Waals surface area contributed by atoms with E-state index >= 15 is 0 Å². The van der Waals surface area contributed by atoms with Gasteiger partial charge in [-0.1, -0.05) is 44.2 Å². The summed E-state index contributed by atoms with van der Waals surface area (Å²) in [6.07, 6.45) is 2.60. The maximum atomic E-state index is 14.4. The number of hydrogen-bond acceptors (Lipinski definition) is 13. The van der Waals surface area contributed by atoms with Crippen LogP contribution in [0.15, 0.2) is 59.7 Å². The van der Waals surface area contributed by atoms with Gasteiger partial charge in [0.15, 0.2) is 5.96 Å². The van der Waals surface area contributed by atoms with Crippen molar-refractivity contribution >= 4 is 64.2 Å². The third kappa shape index (κ3) is 18.6. The molecule has 0 saturated carbocycles. The number of hydrazine groups is 1. The number of carbonyl (C=O) groups excluding carboxylic acids is 8. The molecule has 18 N–H and O–H groups in total. The maximum Gasteiger partial charge on any atom is 0.330 e. The van der Waals surface area contributed by atoms with Crippen LogP contribution in [-0.4, -0.2) is 148 Å². The number of primary amides is 1. The van der Waals surface area contributed by atoms with Crippen molar-refractivity contribution in [3.05, 3.63) is 65.9 Å². The van der Waals surface area contributed by atoms with Crippen LogP contribution in [0, 0.1) is 5.92 Å². The fraction of sp³-hybridized carbons (Fsp3) is 0.521. The van der Waals surface area contributed by atoms with Crippen molar-refractivity contribution in [2.24, 2.45) is 33.8 Å². The van der Waals surface area contributed by atoms with E-state index in [4.69, 9.17) is 27.7 Å². The van der Waals surface area contributed by atoms with Crippen LogP contribution in [0.25, 0.3) is 10.9 Å². The van der Waals surface area contributed by atoms with Crippen LogP contribution in [0.1, 0.15) is 77.8 Å². The molecule has 25 nitrogen and oxygen atoms in total. The highest BCUT2D eigenvalue weighted by Crippen LogP contribution is 2.21. The Labute approximate surface area is 423 Å². The number of para-hydroxylation sites is 1. The highest BCUT2D eigenvalue weighted by Gasteiger charge is 2.39. The second-order valence-electron chi connectivity index (χ2n) is 19.2. The predicted molar refractivity (Wildman–Crippen MR) is 269 cm³/mol. The Morgan fingerprint density at radius 2 is 1.40 bits per heavy atom. The molecule has 7 atom stereocenters. The Bertz CT molecular complexity index is 2420. The molecule has 1 aliphatic rings. The topological polar surface area (TPSA) is 406 Å². The summed E-state index contributed by atoms with van der Waals surface area (Å²) in [6.45, 7) is 7.71. The van der Waals surface area contributed by atoms with E-state index in [1.807, 2.05) is 29.7 Å². The van der Waals surface area contributed by atoms with Crippen LogP contribution in [0.3, 0.4) is 0 Å². The summed E-state index contributed by atoms with van der Waals surface area (Å²) in [4.78, 5) is 117. The lowest BCUT2D eigenvalue weighted by molar-refractivity contribution is -0.142. The first-order chi connectivity index (χ1) is 34.5. The minimum absolute atomic E-state index is 0.0128. The van der Waals surface area contributed by atoms with E-state index in [9.17, 15) is 48.6 Å². The molecule has 1 aromatic heterocycles. The number of aromatic nitrogens is 1. The number of nitrogens with two attached hydrogens (primary N) is 4. The third-order valence-corrected chi connectivity index (χ3v) is 11.6. The van der Waals surface area contributed by atoms with Crippen molar-refractivity contribution in [1.82, 2.24) is 47.3 Å². The fourth-order valence-corrected chi connectivity index (χ4v) is 7.96. The summed E-state index contributed by atoms with van der Waals surface area (Å²) in [5, 5.41) is 34.3. The van der Waals surface area contributed by atoms with Crippen molar-refractivity contribution in [2.45, 2.75) is 127 Å². The normalized spacial score (nSPS) is 15.9. The third-order valence-electron chi connectivity index (χ3n) is 11.6. The number of rotatable bonds is 25. The molecule has 4 rings (SSSR count). The van der Waals surface area contributed by atoms with Crippen molar-refractivity contribution in [2.75, 3.05) is 26.3 Å². The second kappa shape index (κ2) is 27.4. The van der Waals surface area contributed by atoms with Crippen molar-refractivity contribution in [3.8, 4) is 5.75 Å². The van der Waals surface area contributed by atoms with Gasteiger partial charge in [0.2, 0.25) is 35.4 Å². The number of nitrogens with one attached hydrogen (secondary N) is 8. The summed E-state index contributed by atoms with van der Waals surface area (Å²) in [5.41, 5.74) is 27.8. The van der Waals surface area contributed by atoms with E-state index in [2.05, 4.69) is 42.0 Å². The van der Waals surface area contributed by atoms with Gasteiger partial charge in [-0.2, -0.15) is 0 Å². The number of aliphatic hydroxyl groups excluding tert-OH is 1. The summed E-state index contributed by atoms with van der Waals surface area (Å²) in [6, 6.07) is 2.97. The number of ether oxygens (including phenoxy) is 1. The van der Waals surface area contributed by atoms with Gasteiger partial charge in [0, 0.05) is 36.6 Å². The number of hydrogen-bond donors (Lipinski definition) is 14. The molecule has 400 valence electrons. The van der Waals surface area contributed by atoms with Crippen LogP contribution in [0.4, 0.5) is 4.79 Å². The quantitative estimate of drug-likeness (QED) is 0.0189. The van der Waals surface area contributed by atoms with Gasteiger partial charge in [0.05, 0.1) is 24.9 Å². The summed E-state index contributed by atoms with van der Waals surface area (Å²) in [7, 11) is 0. The van der Waals surface area contributed by atoms with Gasteiger partial charge in [-0.05, 0) is 94.5 Å². The molecule has 2 heterocycles. The Morgan fingerprint density at radius 1 is 0.795 bits per heavy atom. The number of phenols is 1. The van der Waals surface area contributed by atoms with E-state index < -0.39 is 108 Å². The predicted octanol–water partition coefficient (Wildman–Crippen LogP) is -1.99. The lowest BCUT2D eigenvalue weighted by Crippen LogP contribution is -2.61. The van der Waals surface area contributed by atoms with E-state index in [1.54, 1.807) is 40.8 Å². The average molecular weight is 1020 g/mol. The fourth-order valence-electron chi connectivity index (χ4n) is 7.96. The number of aromatic hydroxyl groups is 1. The van der Waals surface area contributed by atoms with Crippen LogP contribution < -0.4 is 60.4 Å². The smallest absolute Gasteiger partial charge is 0.330 e. The van der Waals surface area contributed by atoms with Crippen molar-refractivity contribution < 1.29 is 53.3 Å². The number of likely N-dealkylation sites (tertiary alicyclic amines) is 1. The first-order valence-corrected chi connectivity index (χ1v) is 24.0. The molecule has 1 saturated heterocycles. The molecule has 2 aromatic carbocycles. The summed E-state index contributed by atoms with van der Waals surface area (Å²) < 4.78 is 5.97. The number of fused-ring (bicyclic) bond motifs is 1. The Balaban J connectivity index is 1.57. The lowest BCUT2D eigenvalue weighted by atomic mass is 10.0. The molecule has 1 aliphatic heterocycles. The number of benzene rings is 2. The van der Waals surface area contributed by atoms with Gasteiger partial charge in [-0.25, -0.2) is 10.2 Å². The molecule has 6 unspecified atom stereocenters. The molecule has 25 heteroatoms. The van der Waals surface area contributed by atoms with Gasteiger partial charge in [0.25, 0.3) is 5.91 Å². The molecule has 0 radical (unpaired) electrons. The second-order valence-corrected chi connectivity index (χ2v) is 19.2. The van der Waals surface area contributed by atoms with E-state index in [-0.39, 0.29) is 69.2 Å². The zero-order valence-electron chi connectivity index (χ0n) is 41.9. The Kier molecular flexibility index (Phi) is 21.8. The average Bonchev–Trinajstić information content (AvgIpc) is 3.99. The number of H-pyrrole nitrogens is 1. The molecule has 0 spiro atoms. The minimum atomic E-state index is -1.56. The molecule has 1 fully saturated rings. The molecular formula is C48H72N14O11. The van der Waals surface area contributed by atoms with Crippen LogP contribution in [0.2, 0.25) is 0 Å². The van der Waals surface area contributed by atoms with Crippen molar-refractivity contribution in [3.63, 3.8) is 0 Å². The highest BCUT2D eigenvalue weighted by atomic mass is 16.5. The zero-order chi connectivity index (χ0) is 54.0. The van der Waals surface area contributed by atoms with Gasteiger partial charge in [0.1, 0.15) is 42.0 Å². The number of amides is 9. The zero-order valence-corrected chi connectivity index (χ0v) is 41.9. The highest BCUT2D eigenvalue weighted by molar-refractivity contribution is 5.98. The number of phenolic OH excluding ortho intramolecular Hbond substituents is 1. The number of urea groups is 1. The molecule has 9 amide bonds. The SMILES string of the molecule is CC(C)CC(NC(=O)C(COC(C)(C)C)NC(=O)C(Cc1ccc(O)cc1)NC(=O)C(CO)NC(=O)C(N)Cc1c[nH]c2ccccc12)C(=O)NC(CCCN=C(N)N)C(=O)N1CCC[C@H]1C(=O)NNC(N)=O. The monoisotopic (exact) mass is 1020 g/mol. The number of aliphatic imine (C=N–C) groups is 1. The van der Waals surface area contributed by atoms with Crippen molar-refractivity contribution in [1.29, 1.82) is 0 Å². The molecule has 0 bridgehead atoms. The lowest BCUT2D eigenvalue weighted by Gasteiger charge is -2.31. The van der Waals surface area contributed by atoms with E-state index in [1.165, 1.54) is 29.2 Å². The molecule has 3 aromatic rings. The number of aromatic amines is 1. The molecule has 0 aliphatic carbocycles. The number of guanidine groups is 1. The minimum Gasteiger partial charge on any atom is -0.508 e. The molecular weight excluding hydrogens is 949 g/mol. The first kappa shape index (κ1) is 58.1. The maximum absolute atomic E-state index is 14.4. The van der Waals surface area contributed by atoms with E-state index in [0.717, 1.165) is 16.5 Å². The van der Waals surface area contributed by atoms with Gasteiger partial charge < -0.3 is 74.4 Å². The van der Waals surface area contributed by atoms with Gasteiger partial charge in [-0.15, -0.1) is 0 Å². The van der Waals surface area contributed by atoms with Gasteiger partial charge >= 0.3 is 6.03 Å². The first-order valence-electron chi connectivity index (χ1n) is 24.0. The number of nitrogens with zero attached hydrogens (tertiary/aromatic N) is 2. The van der Waals surface area contributed by atoms with E-state index in [0.29, 0.717) is 12.0 Å². The van der Waals surface area contributed by atoms with Crippen LogP contribution in [-0.2, 0) is 51.1 Å². The Hall–Kier alpha value is -7.51. The number of carbonyl (C=O) groups is 8. The largest absolute Gasteiger partial charge is 0.508 e. The Morgan fingerprint density at radius 3 is 2.04 bits per heavy atom. The molecule has 73 heavy (non-hydrogen) atoms. The summed E-state index contributed by atoms with van der Waals surface area (Å²) >= 11 is 0. The number of aliphatic hydroxyl groups is 1. The standard InChI is InChI=1S/C48H72N14O11/c1-26(2)20-34(40(66)55-33(12-8-18-53-46(50)51)45(71)62-19-9-13-38(62)44(70)60-61-47(52)72)56-43(69)37(25-73-48(3,4)5)59-41(67)35(21-27-14-16-29(64)17-15-27)57-42(68)36(24-63)58-39(65)31(49)22-28-23-54-32-11-7-6-10-30(28)32/h6-7,10-11,14-17,23,26,31,33-38,54,63-64H,8-9,12-13,18-22,24-25,49H2,1-5H3,(H,55,66)(H,56,69)(H,57,68)(H,58,65)(H,59,67)(H,60,70)(H4,50,51,53)(H3,52,61,72)/t31?,33?,34?,35?,36?,37?,38-/m0/s1. The van der Waals surface area contributed by atoms with Crippen LogP contribution in [0.5, 0.6) is 5.75 Å². The summed E-state index contributed by atoms with van der Waals surface area (Å²) in [5.74, 6) is -6.03.